The molecule has 12 nitrogen and oxygen atoms in total. The Hall–Kier alpha value is -3.62. The van der Waals surface area contributed by atoms with Gasteiger partial charge in [0.1, 0.15) is 21.5 Å². The van der Waals surface area contributed by atoms with Gasteiger partial charge >= 0.3 is 0 Å². The van der Waals surface area contributed by atoms with E-state index in [2.05, 4.69) is 56.2 Å². The van der Waals surface area contributed by atoms with Crippen molar-refractivity contribution in [1.29, 1.82) is 0 Å². The van der Waals surface area contributed by atoms with E-state index in [-0.39, 0.29) is 17.6 Å². The summed E-state index contributed by atoms with van der Waals surface area (Å²) in [4.78, 5) is 15.8. The summed E-state index contributed by atoms with van der Waals surface area (Å²) in [5.74, 6) is 2.06. The average molecular weight is 626 g/mol. The van der Waals surface area contributed by atoms with Crippen LogP contribution in [-0.2, 0) is 24.6 Å². The highest BCUT2D eigenvalue weighted by molar-refractivity contribution is 7.90. The molecular weight excluding hydrogens is 590 g/mol. The molecule has 0 unspecified atom stereocenters. The summed E-state index contributed by atoms with van der Waals surface area (Å²) in [6.07, 6.45) is 8.51. The lowest BCUT2D eigenvalue weighted by molar-refractivity contribution is 0.0981. The number of aromatic nitrogens is 5. The topological polar surface area (TPSA) is 149 Å². The number of rotatable bonds is 9. The van der Waals surface area contributed by atoms with Crippen molar-refractivity contribution in [1.82, 2.24) is 24.1 Å². The lowest BCUT2D eigenvalue weighted by Crippen LogP contribution is -2.49. The van der Waals surface area contributed by atoms with Gasteiger partial charge in [0.2, 0.25) is 0 Å². The first-order valence-corrected chi connectivity index (χ1v) is 17.9. The number of nitrogens with zero attached hydrogens (tertiary/aromatic N) is 6. The second-order valence-corrected chi connectivity index (χ2v) is 15.9. The molecule has 2 aliphatic rings. The van der Waals surface area contributed by atoms with E-state index in [4.69, 9.17) is 4.74 Å². The molecule has 0 aliphatic carbocycles. The molecule has 0 bridgehead atoms. The average Bonchev–Trinajstić information content (AvgIpc) is 3.46. The minimum absolute atomic E-state index is 0.129. The number of sulfone groups is 1. The first-order valence-electron chi connectivity index (χ1n) is 14.3. The molecule has 0 saturated carbocycles. The van der Waals surface area contributed by atoms with Gasteiger partial charge in [-0.25, -0.2) is 31.8 Å². The van der Waals surface area contributed by atoms with Gasteiger partial charge in [-0.05, 0) is 47.9 Å². The van der Waals surface area contributed by atoms with Crippen LogP contribution in [0.25, 0.3) is 22.2 Å². The van der Waals surface area contributed by atoms with E-state index in [1.807, 2.05) is 12.3 Å². The van der Waals surface area contributed by atoms with Gasteiger partial charge in [0.15, 0.2) is 5.82 Å². The molecule has 43 heavy (non-hydrogen) atoms. The summed E-state index contributed by atoms with van der Waals surface area (Å²) in [6, 6.07) is 7.95. The van der Waals surface area contributed by atoms with Crippen LogP contribution in [0, 0.1) is 5.92 Å². The van der Waals surface area contributed by atoms with Gasteiger partial charge in [-0.1, -0.05) is 19.9 Å². The Morgan fingerprint density at radius 1 is 1.00 bits per heavy atom. The summed E-state index contributed by atoms with van der Waals surface area (Å²) in [6.45, 7) is 6.52. The van der Waals surface area contributed by atoms with E-state index in [9.17, 15) is 16.8 Å². The Labute approximate surface area is 251 Å². The Kier molecular flexibility index (Phi) is 7.86. The summed E-state index contributed by atoms with van der Waals surface area (Å²) in [5, 5.41) is 8.92. The SMILES string of the molecule is CC(C)c1ccc(N2CC(CS(C)(=O)=O)C2)c2cnc(Nc3ccnc(-c4cnn(S(=O)(=O)C5CCOCC5)c4)n3)cc12. The van der Waals surface area contributed by atoms with Crippen LogP contribution in [0.3, 0.4) is 0 Å². The zero-order valence-corrected chi connectivity index (χ0v) is 26.0. The number of ether oxygens (including phenoxy) is 1. The predicted octanol–water partition coefficient (Wildman–Crippen LogP) is 3.59. The normalized spacial score (nSPS) is 17.0. The summed E-state index contributed by atoms with van der Waals surface area (Å²) in [5.41, 5.74) is 2.71. The highest BCUT2D eigenvalue weighted by Crippen LogP contribution is 2.37. The van der Waals surface area contributed by atoms with Crippen molar-refractivity contribution in [2.45, 2.75) is 37.9 Å². The fraction of sp³-hybridized carbons (Fsp3) is 0.448. The molecule has 2 saturated heterocycles. The van der Waals surface area contributed by atoms with Crippen molar-refractivity contribution in [2.75, 3.05) is 48.5 Å². The fourth-order valence-corrected chi connectivity index (χ4v) is 8.38. The molecule has 228 valence electrons. The minimum atomic E-state index is -3.64. The lowest BCUT2D eigenvalue weighted by atomic mass is 9.93. The van der Waals surface area contributed by atoms with Crippen LogP contribution in [0.15, 0.2) is 49.1 Å². The number of benzene rings is 1. The smallest absolute Gasteiger partial charge is 0.256 e. The molecule has 0 amide bonds. The second-order valence-electron chi connectivity index (χ2n) is 11.7. The van der Waals surface area contributed by atoms with E-state index >= 15 is 0 Å². The van der Waals surface area contributed by atoms with Crippen molar-refractivity contribution >= 4 is 48.0 Å². The maximum atomic E-state index is 13.0. The van der Waals surface area contributed by atoms with E-state index in [1.54, 1.807) is 12.3 Å². The zero-order valence-electron chi connectivity index (χ0n) is 24.3. The highest BCUT2D eigenvalue weighted by atomic mass is 32.2. The Morgan fingerprint density at radius 2 is 1.77 bits per heavy atom. The molecule has 0 radical (unpaired) electrons. The number of anilines is 3. The van der Waals surface area contributed by atoms with E-state index in [0.717, 1.165) is 20.5 Å². The zero-order chi connectivity index (χ0) is 30.4. The van der Waals surface area contributed by atoms with Crippen molar-refractivity contribution in [2.24, 2.45) is 5.92 Å². The summed E-state index contributed by atoms with van der Waals surface area (Å²) < 4.78 is 55.8. The molecule has 2 aliphatic heterocycles. The molecule has 5 heterocycles. The number of fused-ring (bicyclic) bond motifs is 1. The number of nitrogens with one attached hydrogen (secondary N) is 1. The molecule has 14 heteroatoms. The summed E-state index contributed by atoms with van der Waals surface area (Å²) >= 11 is 0. The third-order valence-corrected chi connectivity index (χ3v) is 11.1. The number of hydrogen-bond acceptors (Lipinski definition) is 11. The standard InChI is InChI=1S/C29H35N7O5S2/c1-19(2)23-4-5-26(35-15-20(16-35)18-42(3,37)38)25-14-31-28(12-24(23)25)33-27-6-9-30-29(34-27)21-13-32-36(17-21)43(39,40)22-7-10-41-11-8-22/h4-6,9,12-14,17,19-20,22H,7-8,10-11,15-16,18H2,1-3H3,(H,30,31,33,34). The first kappa shape index (κ1) is 29.5. The van der Waals surface area contributed by atoms with Crippen LogP contribution in [0.2, 0.25) is 0 Å². The third kappa shape index (κ3) is 6.22. The molecule has 3 aromatic heterocycles. The van der Waals surface area contributed by atoms with E-state index < -0.39 is 25.1 Å². The molecule has 0 atom stereocenters. The van der Waals surface area contributed by atoms with Crippen LogP contribution in [0.1, 0.15) is 38.2 Å². The molecule has 1 N–H and O–H groups in total. The Balaban J connectivity index is 1.24. The highest BCUT2D eigenvalue weighted by Gasteiger charge is 2.32. The lowest BCUT2D eigenvalue weighted by Gasteiger charge is -2.41. The molecule has 6 rings (SSSR count). The van der Waals surface area contributed by atoms with Gasteiger partial charge in [-0.15, -0.1) is 0 Å². The van der Waals surface area contributed by atoms with Crippen molar-refractivity contribution < 1.29 is 21.6 Å². The molecule has 1 aromatic carbocycles. The van der Waals surface area contributed by atoms with E-state index in [1.165, 1.54) is 24.2 Å². The van der Waals surface area contributed by atoms with Crippen LogP contribution >= 0.6 is 0 Å². The third-order valence-electron chi connectivity index (χ3n) is 7.95. The van der Waals surface area contributed by atoms with Crippen molar-refractivity contribution in [3.63, 3.8) is 0 Å². The first-order chi connectivity index (χ1) is 20.5. The van der Waals surface area contributed by atoms with Gasteiger partial charge in [0.05, 0.1) is 29.0 Å². The van der Waals surface area contributed by atoms with Crippen LogP contribution in [-0.4, -0.2) is 84.5 Å². The van der Waals surface area contributed by atoms with Gasteiger partial charge in [0, 0.05) is 61.9 Å². The van der Waals surface area contributed by atoms with Gasteiger partial charge in [0.25, 0.3) is 10.0 Å². The molecule has 0 spiro atoms. The Morgan fingerprint density at radius 3 is 2.49 bits per heavy atom. The molecule has 2 fully saturated rings. The van der Waals surface area contributed by atoms with Gasteiger partial charge < -0.3 is 15.0 Å². The largest absolute Gasteiger partial charge is 0.381 e. The number of hydrogen-bond donors (Lipinski definition) is 1. The van der Waals surface area contributed by atoms with Crippen LogP contribution in [0.4, 0.5) is 17.3 Å². The monoisotopic (exact) mass is 625 g/mol. The predicted molar refractivity (Wildman–Crippen MR) is 166 cm³/mol. The van der Waals surface area contributed by atoms with Gasteiger partial charge in [-0.2, -0.15) is 9.19 Å². The second kappa shape index (κ2) is 11.5. The van der Waals surface area contributed by atoms with Crippen LogP contribution in [0.5, 0.6) is 0 Å². The summed E-state index contributed by atoms with van der Waals surface area (Å²) in [7, 11) is -6.65. The molecular formula is C29H35N7O5S2. The number of pyridine rings is 1. The molecule has 4 aromatic rings. The van der Waals surface area contributed by atoms with E-state index in [0.29, 0.717) is 62.2 Å². The minimum Gasteiger partial charge on any atom is -0.381 e. The van der Waals surface area contributed by atoms with Crippen molar-refractivity contribution in [3.05, 3.63) is 54.6 Å². The maximum absolute atomic E-state index is 13.0. The fourth-order valence-electron chi connectivity index (χ4n) is 5.78. The Bertz CT molecular complexity index is 1860. The quantitative estimate of drug-likeness (QED) is 0.291. The van der Waals surface area contributed by atoms with Crippen LogP contribution < -0.4 is 10.2 Å². The van der Waals surface area contributed by atoms with Crippen molar-refractivity contribution in [3.8, 4) is 11.4 Å². The van der Waals surface area contributed by atoms with Gasteiger partial charge in [-0.3, -0.25) is 0 Å². The maximum Gasteiger partial charge on any atom is 0.256 e.